The summed E-state index contributed by atoms with van der Waals surface area (Å²) in [5.41, 5.74) is 0.520. The summed E-state index contributed by atoms with van der Waals surface area (Å²) in [5, 5.41) is 5.37. The number of hydrogen-bond donors (Lipinski definition) is 2. The summed E-state index contributed by atoms with van der Waals surface area (Å²) in [6.07, 6.45) is 3.37. The van der Waals surface area contributed by atoms with Crippen LogP contribution in [0.5, 0.6) is 5.75 Å². The molecule has 2 N–H and O–H groups in total. The Balaban J connectivity index is 1.64. The van der Waals surface area contributed by atoms with Crippen LogP contribution in [0.3, 0.4) is 0 Å². The smallest absolute Gasteiger partial charge is 0.254 e. The van der Waals surface area contributed by atoms with Crippen LogP contribution in [0.25, 0.3) is 0 Å². The second-order valence-corrected chi connectivity index (χ2v) is 6.80. The van der Waals surface area contributed by atoms with Gasteiger partial charge >= 0.3 is 0 Å². The number of carbonyl (C=O) groups is 2. The van der Waals surface area contributed by atoms with Crippen LogP contribution >= 0.6 is 0 Å². The highest BCUT2D eigenvalue weighted by Gasteiger charge is 2.21. The molecule has 0 saturated heterocycles. The molecule has 31 heavy (non-hydrogen) atoms. The van der Waals surface area contributed by atoms with Crippen molar-refractivity contribution >= 4 is 11.8 Å². The second kappa shape index (κ2) is 9.84. The number of amides is 2. The first-order valence-corrected chi connectivity index (χ1v) is 9.53. The Morgan fingerprint density at radius 3 is 2.52 bits per heavy atom. The third-order valence-corrected chi connectivity index (χ3v) is 4.68. The van der Waals surface area contributed by atoms with Crippen molar-refractivity contribution in [2.45, 2.75) is 12.5 Å². The molecule has 2 aromatic carbocycles. The van der Waals surface area contributed by atoms with Gasteiger partial charge in [-0.05, 0) is 29.8 Å². The van der Waals surface area contributed by atoms with Gasteiger partial charge in [-0.15, -0.1) is 0 Å². The van der Waals surface area contributed by atoms with E-state index in [0.29, 0.717) is 17.6 Å². The van der Waals surface area contributed by atoms with E-state index < -0.39 is 23.6 Å². The first-order chi connectivity index (χ1) is 14.9. The molecule has 1 unspecified atom stereocenters. The third kappa shape index (κ3) is 5.44. The van der Waals surface area contributed by atoms with E-state index in [0.717, 1.165) is 17.7 Å². The predicted octanol–water partition coefficient (Wildman–Crippen LogP) is 2.73. The maximum atomic E-state index is 13.7. The molecular formula is C22H22F2N4O3. The van der Waals surface area contributed by atoms with Crippen LogP contribution in [0.4, 0.5) is 8.78 Å². The summed E-state index contributed by atoms with van der Waals surface area (Å²) in [6.45, 7) is -0.0165. The number of carbonyl (C=O) groups excluding carboxylic acids is 2. The maximum Gasteiger partial charge on any atom is 0.254 e. The van der Waals surface area contributed by atoms with E-state index in [1.54, 1.807) is 36.2 Å². The molecule has 9 heteroatoms. The monoisotopic (exact) mass is 428 g/mol. The molecule has 1 atom stereocenters. The minimum Gasteiger partial charge on any atom is -0.497 e. The zero-order valence-corrected chi connectivity index (χ0v) is 17.1. The van der Waals surface area contributed by atoms with Gasteiger partial charge in [-0.1, -0.05) is 12.1 Å². The number of methoxy groups -OCH3 is 1. The largest absolute Gasteiger partial charge is 0.497 e. The molecule has 2 amide bonds. The van der Waals surface area contributed by atoms with Crippen molar-refractivity contribution in [1.29, 1.82) is 0 Å². The van der Waals surface area contributed by atoms with Crippen molar-refractivity contribution in [3.05, 3.63) is 83.4 Å². The van der Waals surface area contributed by atoms with E-state index in [4.69, 9.17) is 4.74 Å². The van der Waals surface area contributed by atoms with Gasteiger partial charge in [0, 0.05) is 38.5 Å². The summed E-state index contributed by atoms with van der Waals surface area (Å²) >= 11 is 0. The van der Waals surface area contributed by atoms with Crippen LogP contribution in [0.1, 0.15) is 34.2 Å². The summed E-state index contributed by atoms with van der Waals surface area (Å²) in [7, 11) is 3.39. The van der Waals surface area contributed by atoms with E-state index >= 15 is 0 Å². The van der Waals surface area contributed by atoms with Crippen molar-refractivity contribution in [3.8, 4) is 5.75 Å². The molecule has 0 aliphatic carbocycles. The Labute approximate surface area is 178 Å². The van der Waals surface area contributed by atoms with Gasteiger partial charge in [-0.3, -0.25) is 9.59 Å². The first kappa shape index (κ1) is 21.9. The van der Waals surface area contributed by atoms with Crippen LogP contribution in [0.15, 0.2) is 54.9 Å². The number of benzene rings is 2. The fraction of sp³-hybridized carbons (Fsp3) is 0.227. The lowest BCUT2D eigenvalue weighted by atomic mass is 10.1. The number of rotatable bonds is 8. The minimum atomic E-state index is -0.962. The number of hydrogen-bond acceptors (Lipinski definition) is 4. The normalized spacial score (nSPS) is 11.6. The Kier molecular flexibility index (Phi) is 6.96. The lowest BCUT2D eigenvalue weighted by Crippen LogP contribution is -2.34. The molecular weight excluding hydrogens is 406 g/mol. The molecule has 0 bridgehead atoms. The van der Waals surface area contributed by atoms with Gasteiger partial charge in [-0.2, -0.15) is 0 Å². The third-order valence-electron chi connectivity index (χ3n) is 4.68. The van der Waals surface area contributed by atoms with Crippen molar-refractivity contribution in [1.82, 2.24) is 20.2 Å². The fourth-order valence-electron chi connectivity index (χ4n) is 3.04. The van der Waals surface area contributed by atoms with E-state index in [2.05, 4.69) is 15.6 Å². The number of aryl methyl sites for hydroxylation is 1. The zero-order valence-electron chi connectivity index (χ0n) is 17.1. The molecule has 1 heterocycles. The molecule has 0 saturated carbocycles. The highest BCUT2D eigenvalue weighted by Crippen LogP contribution is 2.23. The molecule has 0 aliphatic heterocycles. The van der Waals surface area contributed by atoms with Gasteiger partial charge in [0.15, 0.2) is 0 Å². The summed E-state index contributed by atoms with van der Waals surface area (Å²) < 4.78 is 33.7. The highest BCUT2D eigenvalue weighted by atomic mass is 19.1. The topological polar surface area (TPSA) is 85.2 Å². The molecule has 1 aromatic heterocycles. The number of nitrogens with one attached hydrogen (secondary N) is 2. The Morgan fingerprint density at radius 1 is 1.16 bits per heavy atom. The Morgan fingerprint density at radius 2 is 1.90 bits per heavy atom. The Hall–Kier alpha value is -3.75. The lowest BCUT2D eigenvalue weighted by Gasteiger charge is -2.19. The van der Waals surface area contributed by atoms with Crippen LogP contribution in [-0.2, 0) is 11.8 Å². The maximum absolute atomic E-state index is 13.7. The number of nitrogens with zero attached hydrogens (tertiary/aromatic N) is 2. The van der Waals surface area contributed by atoms with Gasteiger partial charge in [0.25, 0.3) is 5.91 Å². The molecule has 7 nitrogen and oxygen atoms in total. The Bertz CT molecular complexity index is 1070. The van der Waals surface area contributed by atoms with E-state index in [9.17, 15) is 18.4 Å². The molecule has 3 aromatic rings. The molecule has 0 radical (unpaired) electrons. The standard InChI is InChI=1S/C22H22F2N4O3/c1-28-12-11-25-21(28)20(14-3-6-16(31-2)7-4-14)27-19(29)9-10-26-22(30)17-8-5-15(23)13-18(17)24/h3-8,11-13,20H,9-10H2,1-2H3,(H,26,30)(H,27,29). The number of ether oxygens (including phenoxy) is 1. The van der Waals surface area contributed by atoms with Gasteiger partial charge in [0.1, 0.15) is 29.3 Å². The average molecular weight is 428 g/mol. The van der Waals surface area contributed by atoms with E-state index in [1.165, 1.54) is 0 Å². The van der Waals surface area contributed by atoms with Crippen LogP contribution < -0.4 is 15.4 Å². The molecule has 3 rings (SSSR count). The lowest BCUT2D eigenvalue weighted by molar-refractivity contribution is -0.121. The summed E-state index contributed by atoms with van der Waals surface area (Å²) in [6, 6.07) is 9.41. The van der Waals surface area contributed by atoms with E-state index in [1.807, 2.05) is 19.2 Å². The van der Waals surface area contributed by atoms with Gasteiger partial charge in [0.2, 0.25) is 5.91 Å². The minimum absolute atomic E-state index is 0.0165. The first-order valence-electron chi connectivity index (χ1n) is 9.53. The van der Waals surface area contributed by atoms with Gasteiger partial charge < -0.3 is 19.9 Å². The van der Waals surface area contributed by atoms with Gasteiger partial charge in [-0.25, -0.2) is 13.8 Å². The number of imidazole rings is 1. The molecule has 0 spiro atoms. The molecule has 0 aliphatic rings. The van der Waals surface area contributed by atoms with Crippen molar-refractivity contribution in [2.75, 3.05) is 13.7 Å². The summed E-state index contributed by atoms with van der Waals surface area (Å²) in [5.74, 6) is -1.46. The van der Waals surface area contributed by atoms with Crippen LogP contribution in [0.2, 0.25) is 0 Å². The summed E-state index contributed by atoms with van der Waals surface area (Å²) in [4.78, 5) is 28.9. The average Bonchev–Trinajstić information content (AvgIpc) is 3.17. The predicted molar refractivity (Wildman–Crippen MR) is 109 cm³/mol. The fourth-order valence-corrected chi connectivity index (χ4v) is 3.04. The highest BCUT2D eigenvalue weighted by molar-refractivity contribution is 5.94. The molecule has 162 valence electrons. The van der Waals surface area contributed by atoms with E-state index in [-0.39, 0.29) is 24.4 Å². The van der Waals surface area contributed by atoms with Crippen molar-refractivity contribution in [2.24, 2.45) is 7.05 Å². The van der Waals surface area contributed by atoms with Gasteiger partial charge in [0.05, 0.1) is 12.7 Å². The SMILES string of the molecule is COc1ccc(C(NC(=O)CCNC(=O)c2ccc(F)cc2F)c2nccn2C)cc1. The number of aromatic nitrogens is 2. The van der Waals surface area contributed by atoms with Crippen LogP contribution in [0, 0.1) is 11.6 Å². The zero-order chi connectivity index (χ0) is 22.4. The van der Waals surface area contributed by atoms with Crippen molar-refractivity contribution < 1.29 is 23.1 Å². The second-order valence-electron chi connectivity index (χ2n) is 6.80. The van der Waals surface area contributed by atoms with Crippen molar-refractivity contribution in [3.63, 3.8) is 0 Å². The molecule has 0 fully saturated rings. The quantitative estimate of drug-likeness (QED) is 0.578. The van der Waals surface area contributed by atoms with Crippen LogP contribution in [-0.4, -0.2) is 35.0 Å². The number of halogens is 2.